The van der Waals surface area contributed by atoms with Crippen LogP contribution < -0.4 is 4.90 Å². The summed E-state index contributed by atoms with van der Waals surface area (Å²) in [7, 11) is 0. The lowest BCUT2D eigenvalue weighted by Crippen LogP contribution is -2.25. The third-order valence-corrected chi connectivity index (χ3v) is 3.32. The van der Waals surface area contributed by atoms with E-state index in [1.165, 1.54) is 11.3 Å². The van der Waals surface area contributed by atoms with E-state index in [0.29, 0.717) is 0 Å². The third-order valence-electron chi connectivity index (χ3n) is 3.32. The van der Waals surface area contributed by atoms with E-state index >= 15 is 0 Å². The van der Waals surface area contributed by atoms with Crippen LogP contribution in [-0.2, 0) is 5.41 Å². The highest BCUT2D eigenvalue weighted by Crippen LogP contribution is 2.47. The van der Waals surface area contributed by atoms with Gasteiger partial charge in [0, 0.05) is 29.4 Å². The number of para-hydroxylation sites is 1. The molecule has 0 aliphatic carbocycles. The van der Waals surface area contributed by atoms with Crippen molar-refractivity contribution in [3.8, 4) is 6.07 Å². The number of fused-ring (bicyclic) bond motifs is 1. The van der Waals surface area contributed by atoms with Gasteiger partial charge in [0.25, 0.3) is 0 Å². The molecule has 2 heteroatoms. The number of likely N-dealkylation sites (N-methyl/N-ethyl adjacent to an activating group) is 1. The van der Waals surface area contributed by atoms with Crippen LogP contribution in [0.15, 0.2) is 36.0 Å². The van der Waals surface area contributed by atoms with Crippen molar-refractivity contribution in [1.29, 1.82) is 5.26 Å². The van der Waals surface area contributed by atoms with E-state index < -0.39 is 0 Å². The average Bonchev–Trinajstić information content (AvgIpc) is 2.49. The lowest BCUT2D eigenvalue weighted by Gasteiger charge is -2.25. The van der Waals surface area contributed by atoms with Gasteiger partial charge in [-0.25, -0.2) is 0 Å². The van der Waals surface area contributed by atoms with E-state index in [4.69, 9.17) is 5.26 Å². The Morgan fingerprint density at radius 1 is 1.38 bits per heavy atom. The van der Waals surface area contributed by atoms with Gasteiger partial charge in [-0.3, -0.25) is 0 Å². The largest absolute Gasteiger partial charge is 0.344 e. The molecule has 0 atom stereocenters. The second kappa shape index (κ2) is 3.68. The highest BCUT2D eigenvalue weighted by atomic mass is 15.2. The van der Waals surface area contributed by atoms with Gasteiger partial charge in [-0.2, -0.15) is 5.26 Å². The van der Waals surface area contributed by atoms with Crippen LogP contribution in [0, 0.1) is 11.3 Å². The Balaban J connectivity index is 2.66. The van der Waals surface area contributed by atoms with Crippen molar-refractivity contribution in [2.75, 3.05) is 11.4 Å². The summed E-state index contributed by atoms with van der Waals surface area (Å²) in [5, 5.41) is 8.90. The van der Waals surface area contributed by atoms with Gasteiger partial charge in [-0.1, -0.05) is 32.0 Å². The van der Waals surface area contributed by atoms with Crippen LogP contribution in [0.25, 0.3) is 0 Å². The van der Waals surface area contributed by atoms with E-state index in [1.54, 1.807) is 6.08 Å². The molecule has 2 rings (SSSR count). The van der Waals surface area contributed by atoms with Gasteiger partial charge in [0.1, 0.15) is 0 Å². The summed E-state index contributed by atoms with van der Waals surface area (Å²) >= 11 is 0. The molecule has 0 saturated heterocycles. The molecule has 1 heterocycles. The fourth-order valence-electron chi connectivity index (χ4n) is 2.50. The maximum Gasteiger partial charge on any atom is 0.0930 e. The lowest BCUT2D eigenvalue weighted by atomic mass is 9.84. The fourth-order valence-corrected chi connectivity index (χ4v) is 2.50. The maximum atomic E-state index is 8.90. The maximum absolute atomic E-state index is 8.90. The zero-order chi connectivity index (χ0) is 11.8. The number of allylic oxidation sites excluding steroid dienone is 2. The second-order valence-electron chi connectivity index (χ2n) is 4.55. The zero-order valence-electron chi connectivity index (χ0n) is 9.99. The Morgan fingerprint density at radius 3 is 2.69 bits per heavy atom. The van der Waals surface area contributed by atoms with Crippen molar-refractivity contribution >= 4 is 5.69 Å². The molecule has 0 amide bonds. The minimum Gasteiger partial charge on any atom is -0.344 e. The monoisotopic (exact) mass is 212 g/mol. The van der Waals surface area contributed by atoms with E-state index in [-0.39, 0.29) is 5.41 Å². The average molecular weight is 212 g/mol. The minimum absolute atomic E-state index is 0.0671. The first kappa shape index (κ1) is 10.8. The summed E-state index contributed by atoms with van der Waals surface area (Å²) < 4.78 is 0. The molecule has 0 saturated carbocycles. The number of nitrogens with zero attached hydrogens (tertiary/aromatic N) is 2. The van der Waals surface area contributed by atoms with Crippen molar-refractivity contribution in [1.82, 2.24) is 0 Å². The van der Waals surface area contributed by atoms with Gasteiger partial charge in [0.15, 0.2) is 0 Å². The van der Waals surface area contributed by atoms with E-state index in [1.807, 2.05) is 6.07 Å². The summed E-state index contributed by atoms with van der Waals surface area (Å²) in [6.07, 6.45) is 1.67. The molecule has 1 aromatic carbocycles. The van der Waals surface area contributed by atoms with Crippen LogP contribution in [-0.4, -0.2) is 6.54 Å². The van der Waals surface area contributed by atoms with E-state index in [2.05, 4.69) is 49.9 Å². The van der Waals surface area contributed by atoms with Gasteiger partial charge >= 0.3 is 0 Å². The quantitative estimate of drug-likeness (QED) is 0.668. The van der Waals surface area contributed by atoms with Crippen LogP contribution in [0.4, 0.5) is 5.69 Å². The number of nitriles is 1. The number of benzene rings is 1. The summed E-state index contributed by atoms with van der Waals surface area (Å²) in [5.41, 5.74) is 3.57. The fraction of sp³-hybridized carbons (Fsp3) is 0.357. The number of hydrogen-bond acceptors (Lipinski definition) is 2. The van der Waals surface area contributed by atoms with Crippen LogP contribution in [0.3, 0.4) is 0 Å². The highest BCUT2D eigenvalue weighted by Gasteiger charge is 2.38. The van der Waals surface area contributed by atoms with Crippen molar-refractivity contribution in [2.24, 2.45) is 0 Å². The van der Waals surface area contributed by atoms with Crippen molar-refractivity contribution in [3.63, 3.8) is 0 Å². The Kier molecular flexibility index (Phi) is 2.47. The SMILES string of the molecule is CCN1/C(=C\C#N)C(C)(C)c2ccccc21. The van der Waals surface area contributed by atoms with Gasteiger partial charge in [-0.15, -0.1) is 0 Å². The summed E-state index contributed by atoms with van der Waals surface area (Å²) in [6.45, 7) is 7.35. The van der Waals surface area contributed by atoms with E-state index in [0.717, 1.165) is 12.2 Å². The van der Waals surface area contributed by atoms with Crippen LogP contribution in [0.5, 0.6) is 0 Å². The molecule has 16 heavy (non-hydrogen) atoms. The molecule has 0 spiro atoms. The normalized spacial score (nSPS) is 19.6. The number of hydrogen-bond donors (Lipinski definition) is 0. The lowest BCUT2D eigenvalue weighted by molar-refractivity contribution is 0.634. The smallest absolute Gasteiger partial charge is 0.0930 e. The van der Waals surface area contributed by atoms with Crippen molar-refractivity contribution < 1.29 is 0 Å². The molecule has 0 radical (unpaired) electrons. The molecule has 0 unspecified atom stereocenters. The standard InChI is InChI=1S/C14H16N2/c1-4-16-12-8-6-5-7-11(12)14(2,3)13(16)9-10-15/h5-9H,4H2,1-3H3/b13-9-. The predicted molar refractivity (Wildman–Crippen MR) is 66.2 cm³/mol. The summed E-state index contributed by atoms with van der Waals surface area (Å²) in [5.74, 6) is 0. The molecular formula is C14H16N2. The number of rotatable bonds is 1. The summed E-state index contributed by atoms with van der Waals surface area (Å²) in [4.78, 5) is 2.22. The van der Waals surface area contributed by atoms with Gasteiger partial charge in [0.2, 0.25) is 0 Å². The Labute approximate surface area is 96.8 Å². The van der Waals surface area contributed by atoms with Gasteiger partial charge in [0.05, 0.1) is 6.07 Å². The Hall–Kier alpha value is -1.75. The third kappa shape index (κ3) is 1.32. The summed E-state index contributed by atoms with van der Waals surface area (Å²) in [6, 6.07) is 10.5. The molecule has 2 nitrogen and oxygen atoms in total. The Bertz CT molecular complexity index is 478. The first-order valence-corrected chi connectivity index (χ1v) is 5.60. The first-order valence-electron chi connectivity index (χ1n) is 5.60. The zero-order valence-corrected chi connectivity index (χ0v) is 9.99. The van der Waals surface area contributed by atoms with Crippen LogP contribution in [0.1, 0.15) is 26.3 Å². The van der Waals surface area contributed by atoms with Crippen molar-refractivity contribution in [3.05, 3.63) is 41.6 Å². The number of anilines is 1. The highest BCUT2D eigenvalue weighted by molar-refractivity contribution is 5.70. The molecule has 1 aromatic rings. The van der Waals surface area contributed by atoms with Gasteiger partial charge in [-0.05, 0) is 18.6 Å². The minimum atomic E-state index is -0.0671. The first-order chi connectivity index (χ1) is 7.62. The second-order valence-corrected chi connectivity index (χ2v) is 4.55. The molecule has 1 aliphatic heterocycles. The van der Waals surface area contributed by atoms with Crippen LogP contribution >= 0.6 is 0 Å². The van der Waals surface area contributed by atoms with Crippen LogP contribution in [0.2, 0.25) is 0 Å². The topological polar surface area (TPSA) is 27.0 Å². The van der Waals surface area contributed by atoms with Gasteiger partial charge < -0.3 is 4.90 Å². The van der Waals surface area contributed by atoms with Crippen molar-refractivity contribution in [2.45, 2.75) is 26.2 Å². The molecule has 0 aromatic heterocycles. The van der Waals surface area contributed by atoms with E-state index in [9.17, 15) is 0 Å². The molecular weight excluding hydrogens is 196 g/mol. The molecule has 0 fully saturated rings. The molecule has 82 valence electrons. The molecule has 1 aliphatic rings. The molecule has 0 N–H and O–H groups in total. The Morgan fingerprint density at radius 2 is 2.06 bits per heavy atom. The predicted octanol–water partition coefficient (Wildman–Crippen LogP) is 3.21. The molecule has 0 bridgehead atoms.